The Morgan fingerprint density at radius 3 is 2.59 bits per heavy atom. The van der Waals surface area contributed by atoms with Gasteiger partial charge in [-0.25, -0.2) is 4.79 Å². The normalized spacial score (nSPS) is 10.1. The van der Waals surface area contributed by atoms with E-state index >= 15 is 0 Å². The van der Waals surface area contributed by atoms with E-state index in [0.29, 0.717) is 6.54 Å². The van der Waals surface area contributed by atoms with Crippen LogP contribution in [-0.2, 0) is 6.54 Å². The van der Waals surface area contributed by atoms with E-state index in [4.69, 9.17) is 11.6 Å². The molecule has 0 spiro atoms. The van der Waals surface area contributed by atoms with E-state index in [-0.39, 0.29) is 16.4 Å². The highest BCUT2D eigenvalue weighted by atomic mass is 35.5. The quantitative estimate of drug-likeness (QED) is 0.685. The van der Waals surface area contributed by atoms with Crippen LogP contribution in [0.25, 0.3) is 0 Å². The molecule has 0 saturated carbocycles. The first-order chi connectivity index (χ1) is 10.5. The average molecular weight is 320 g/mol. The Kier molecular flexibility index (Phi) is 4.95. The Morgan fingerprint density at radius 2 is 1.95 bits per heavy atom. The van der Waals surface area contributed by atoms with Crippen molar-refractivity contribution in [3.8, 4) is 0 Å². The predicted molar refractivity (Wildman–Crippen MR) is 85.0 cm³/mol. The van der Waals surface area contributed by atoms with E-state index in [1.807, 2.05) is 30.3 Å². The number of nitro benzene ring substituents is 1. The summed E-state index contributed by atoms with van der Waals surface area (Å²) in [5, 5.41) is 13.8. The zero-order chi connectivity index (χ0) is 16.1. The molecule has 6 nitrogen and oxygen atoms in total. The number of carbonyl (C=O) groups is 1. The summed E-state index contributed by atoms with van der Waals surface area (Å²) in [7, 11) is 1.62. The second-order valence-electron chi connectivity index (χ2n) is 4.69. The van der Waals surface area contributed by atoms with Crippen molar-refractivity contribution in [3.05, 3.63) is 69.2 Å². The molecule has 114 valence electrons. The molecule has 0 aliphatic rings. The van der Waals surface area contributed by atoms with Gasteiger partial charge in [0.25, 0.3) is 5.69 Å². The Morgan fingerprint density at radius 1 is 1.27 bits per heavy atom. The smallest absolute Gasteiger partial charge is 0.322 e. The summed E-state index contributed by atoms with van der Waals surface area (Å²) in [4.78, 5) is 24.0. The van der Waals surface area contributed by atoms with Crippen LogP contribution >= 0.6 is 11.6 Å². The van der Waals surface area contributed by atoms with Gasteiger partial charge in [0.1, 0.15) is 5.69 Å². The summed E-state index contributed by atoms with van der Waals surface area (Å²) in [5.74, 6) is 0. The molecule has 0 aliphatic carbocycles. The molecule has 0 aromatic heterocycles. The van der Waals surface area contributed by atoms with Crippen LogP contribution in [-0.4, -0.2) is 22.9 Å². The molecule has 2 rings (SSSR count). The molecule has 1 N–H and O–H groups in total. The predicted octanol–water partition coefficient (Wildman–Crippen LogP) is 3.91. The summed E-state index contributed by atoms with van der Waals surface area (Å²) in [5.41, 5.74) is 0.832. The lowest BCUT2D eigenvalue weighted by Gasteiger charge is -2.18. The van der Waals surface area contributed by atoms with Crippen molar-refractivity contribution < 1.29 is 9.72 Å². The van der Waals surface area contributed by atoms with Crippen LogP contribution in [0.3, 0.4) is 0 Å². The number of nitro groups is 1. The average Bonchev–Trinajstić information content (AvgIpc) is 2.49. The van der Waals surface area contributed by atoms with Crippen LogP contribution in [0.15, 0.2) is 48.5 Å². The zero-order valence-electron chi connectivity index (χ0n) is 11.8. The first-order valence-electron chi connectivity index (χ1n) is 6.47. The van der Waals surface area contributed by atoms with Crippen molar-refractivity contribution in [2.24, 2.45) is 0 Å². The molecule has 0 fully saturated rings. The Hall–Kier alpha value is -2.60. The number of halogens is 1. The number of nitrogens with one attached hydrogen (secondary N) is 1. The summed E-state index contributed by atoms with van der Waals surface area (Å²) >= 11 is 5.74. The molecule has 0 aliphatic heterocycles. The van der Waals surface area contributed by atoms with Crippen molar-refractivity contribution in [3.63, 3.8) is 0 Å². The largest absolute Gasteiger partial charge is 0.323 e. The highest BCUT2D eigenvalue weighted by Gasteiger charge is 2.18. The molecular weight excluding hydrogens is 306 g/mol. The zero-order valence-corrected chi connectivity index (χ0v) is 12.6. The van der Waals surface area contributed by atoms with E-state index in [1.54, 1.807) is 7.05 Å². The second-order valence-corrected chi connectivity index (χ2v) is 5.13. The highest BCUT2D eigenvalue weighted by Crippen LogP contribution is 2.27. The van der Waals surface area contributed by atoms with E-state index < -0.39 is 11.0 Å². The van der Waals surface area contributed by atoms with Gasteiger partial charge in [-0.2, -0.15) is 0 Å². The Labute approximate surface area is 132 Å². The fraction of sp³-hybridized carbons (Fsp3) is 0.133. The summed E-state index contributed by atoms with van der Waals surface area (Å²) in [6.45, 7) is 0.397. The molecule has 0 unspecified atom stereocenters. The first-order valence-corrected chi connectivity index (χ1v) is 6.85. The molecular formula is C15H14ClN3O3. The lowest BCUT2D eigenvalue weighted by molar-refractivity contribution is -0.383. The molecule has 0 heterocycles. The number of benzene rings is 2. The van der Waals surface area contributed by atoms with Gasteiger partial charge in [0.2, 0.25) is 0 Å². The standard InChI is InChI=1S/C15H14ClN3O3/c1-18(10-11-5-3-2-4-6-11)15(20)17-13-8-7-12(16)9-14(13)19(21)22/h2-9H,10H2,1H3,(H,17,20). The molecule has 2 aromatic rings. The molecule has 0 bridgehead atoms. The van der Waals surface area contributed by atoms with Crippen molar-refractivity contribution in [2.45, 2.75) is 6.54 Å². The van der Waals surface area contributed by atoms with Crippen LogP contribution in [0, 0.1) is 10.1 Å². The maximum absolute atomic E-state index is 12.1. The van der Waals surface area contributed by atoms with E-state index in [1.165, 1.54) is 23.1 Å². The third-order valence-corrected chi connectivity index (χ3v) is 3.24. The number of amides is 2. The third-order valence-electron chi connectivity index (χ3n) is 3.01. The van der Waals surface area contributed by atoms with Gasteiger partial charge in [-0.15, -0.1) is 0 Å². The molecule has 2 aromatic carbocycles. The number of anilines is 1. The number of rotatable bonds is 4. The number of hydrogen-bond acceptors (Lipinski definition) is 3. The SMILES string of the molecule is CN(Cc1ccccc1)C(=O)Nc1ccc(Cl)cc1[N+](=O)[O-]. The van der Waals surface area contributed by atoms with Crippen LogP contribution in [0.4, 0.5) is 16.2 Å². The highest BCUT2D eigenvalue weighted by molar-refractivity contribution is 6.31. The minimum Gasteiger partial charge on any atom is -0.323 e. The van der Waals surface area contributed by atoms with Crippen LogP contribution in [0.2, 0.25) is 5.02 Å². The molecule has 0 radical (unpaired) electrons. The van der Waals surface area contributed by atoms with Gasteiger partial charge < -0.3 is 10.2 Å². The van der Waals surface area contributed by atoms with Gasteiger partial charge in [-0.1, -0.05) is 41.9 Å². The third kappa shape index (κ3) is 3.95. The Balaban J connectivity index is 2.10. The lowest BCUT2D eigenvalue weighted by Crippen LogP contribution is -2.31. The van der Waals surface area contributed by atoms with Gasteiger partial charge >= 0.3 is 6.03 Å². The fourth-order valence-corrected chi connectivity index (χ4v) is 2.07. The van der Waals surface area contributed by atoms with Gasteiger partial charge in [0.15, 0.2) is 0 Å². The van der Waals surface area contributed by atoms with Gasteiger partial charge in [-0.05, 0) is 17.7 Å². The van der Waals surface area contributed by atoms with Crippen molar-refractivity contribution in [1.82, 2.24) is 4.90 Å². The fourth-order valence-electron chi connectivity index (χ4n) is 1.90. The molecule has 22 heavy (non-hydrogen) atoms. The van der Waals surface area contributed by atoms with E-state index in [0.717, 1.165) is 5.56 Å². The Bertz CT molecular complexity index is 692. The van der Waals surface area contributed by atoms with Gasteiger partial charge in [-0.3, -0.25) is 10.1 Å². The minimum atomic E-state index is -0.585. The maximum atomic E-state index is 12.1. The number of carbonyl (C=O) groups excluding carboxylic acids is 1. The van der Waals surface area contributed by atoms with Gasteiger partial charge in [0, 0.05) is 24.7 Å². The molecule has 7 heteroatoms. The van der Waals surface area contributed by atoms with Crippen molar-refractivity contribution in [1.29, 1.82) is 0 Å². The molecule has 0 saturated heterocycles. The van der Waals surface area contributed by atoms with Crippen molar-refractivity contribution >= 4 is 29.0 Å². The molecule has 0 atom stereocenters. The van der Waals surface area contributed by atoms with Crippen LogP contribution in [0.5, 0.6) is 0 Å². The monoisotopic (exact) mass is 319 g/mol. The first kappa shape index (κ1) is 15.8. The van der Waals surface area contributed by atoms with E-state index in [2.05, 4.69) is 5.32 Å². The van der Waals surface area contributed by atoms with Crippen LogP contribution < -0.4 is 5.32 Å². The topological polar surface area (TPSA) is 75.5 Å². The molecule has 2 amide bonds. The summed E-state index contributed by atoms with van der Waals surface area (Å²) in [6, 6.07) is 13.1. The van der Waals surface area contributed by atoms with Crippen molar-refractivity contribution in [2.75, 3.05) is 12.4 Å². The summed E-state index contributed by atoms with van der Waals surface area (Å²) < 4.78 is 0. The number of nitrogens with zero attached hydrogens (tertiary/aromatic N) is 2. The second kappa shape index (κ2) is 6.91. The van der Waals surface area contributed by atoms with Gasteiger partial charge in [0.05, 0.1) is 4.92 Å². The number of hydrogen-bond donors (Lipinski definition) is 1. The minimum absolute atomic E-state index is 0.110. The maximum Gasteiger partial charge on any atom is 0.322 e. The summed E-state index contributed by atoms with van der Waals surface area (Å²) in [6.07, 6.45) is 0. The van der Waals surface area contributed by atoms with E-state index in [9.17, 15) is 14.9 Å². The van der Waals surface area contributed by atoms with Crippen LogP contribution in [0.1, 0.15) is 5.56 Å². The lowest BCUT2D eigenvalue weighted by atomic mass is 10.2. The number of urea groups is 1.